The molecule has 1 rings (SSSR count). The van der Waals surface area contributed by atoms with Gasteiger partial charge >= 0.3 is 0 Å². The van der Waals surface area contributed by atoms with E-state index in [1.54, 1.807) is 0 Å². The maximum atomic E-state index is 11.5. The third-order valence-electron chi connectivity index (χ3n) is 3.49. The van der Waals surface area contributed by atoms with Crippen molar-refractivity contribution in [3.8, 4) is 0 Å². The van der Waals surface area contributed by atoms with Gasteiger partial charge in [0.05, 0.1) is 0 Å². The van der Waals surface area contributed by atoms with E-state index in [4.69, 9.17) is 0 Å². The predicted octanol–water partition coefficient (Wildman–Crippen LogP) is 3.52. The van der Waals surface area contributed by atoms with Gasteiger partial charge in [-0.3, -0.25) is 4.79 Å². The normalized spacial score (nSPS) is 20.2. The molecule has 1 fully saturated rings. The van der Waals surface area contributed by atoms with Crippen molar-refractivity contribution >= 4 is 18.5 Å². The molecule has 0 aliphatic carbocycles. The number of rotatable bonds is 9. The van der Waals surface area contributed by atoms with Gasteiger partial charge in [-0.25, -0.2) is 0 Å². The number of amides is 1. The second-order valence-electron chi connectivity index (χ2n) is 5.35. The Morgan fingerprint density at radius 2 is 1.71 bits per heavy atom. The molecule has 0 saturated carbocycles. The first kappa shape index (κ1) is 14.9. The minimum atomic E-state index is 0.367. The fourth-order valence-corrected chi connectivity index (χ4v) is 2.71. The summed E-state index contributed by atoms with van der Waals surface area (Å²) in [6, 6.07) is 0. The molecule has 0 aromatic rings. The zero-order valence-electron chi connectivity index (χ0n) is 11.2. The van der Waals surface area contributed by atoms with Crippen molar-refractivity contribution in [1.82, 2.24) is 4.90 Å². The lowest BCUT2D eigenvalue weighted by molar-refractivity contribution is -0.127. The van der Waals surface area contributed by atoms with Gasteiger partial charge in [0.25, 0.3) is 0 Å². The van der Waals surface area contributed by atoms with Crippen LogP contribution in [-0.4, -0.2) is 29.6 Å². The van der Waals surface area contributed by atoms with Crippen LogP contribution in [0.15, 0.2) is 0 Å². The van der Waals surface area contributed by atoms with Crippen LogP contribution in [0.2, 0.25) is 0 Å². The summed E-state index contributed by atoms with van der Waals surface area (Å²) in [6.07, 6.45) is 9.82. The fourth-order valence-electron chi connectivity index (χ4n) is 2.48. The Morgan fingerprint density at radius 3 is 2.24 bits per heavy atom. The predicted molar refractivity (Wildman–Crippen MR) is 76.5 cm³/mol. The smallest absolute Gasteiger partial charge is 0.222 e. The summed E-state index contributed by atoms with van der Waals surface area (Å²) in [5, 5.41) is 0. The monoisotopic (exact) mass is 257 g/mol. The van der Waals surface area contributed by atoms with Gasteiger partial charge in [-0.15, -0.1) is 0 Å². The number of nitrogens with zero attached hydrogens (tertiary/aromatic N) is 1. The highest BCUT2D eigenvalue weighted by atomic mass is 32.1. The first-order chi connectivity index (χ1) is 8.24. The lowest BCUT2D eigenvalue weighted by Gasteiger charge is -2.15. The van der Waals surface area contributed by atoms with Crippen LogP contribution >= 0.6 is 12.6 Å². The van der Waals surface area contributed by atoms with Crippen molar-refractivity contribution in [2.45, 2.75) is 58.3 Å². The molecule has 2 nitrogen and oxygen atoms in total. The van der Waals surface area contributed by atoms with Gasteiger partial charge in [0, 0.05) is 19.5 Å². The van der Waals surface area contributed by atoms with Crippen LogP contribution in [-0.2, 0) is 4.79 Å². The Balaban J connectivity index is 1.89. The molecular weight excluding hydrogens is 230 g/mol. The first-order valence-electron chi connectivity index (χ1n) is 7.12. The maximum absolute atomic E-state index is 11.5. The van der Waals surface area contributed by atoms with Gasteiger partial charge in [-0.1, -0.05) is 39.0 Å². The quantitative estimate of drug-likeness (QED) is 0.495. The fraction of sp³-hybridized carbons (Fsp3) is 0.929. The summed E-state index contributed by atoms with van der Waals surface area (Å²) in [5.41, 5.74) is 0. The van der Waals surface area contributed by atoms with Gasteiger partial charge in [-0.2, -0.15) is 12.6 Å². The van der Waals surface area contributed by atoms with Crippen LogP contribution in [0.1, 0.15) is 58.3 Å². The molecule has 100 valence electrons. The van der Waals surface area contributed by atoms with Crippen molar-refractivity contribution < 1.29 is 4.79 Å². The zero-order chi connectivity index (χ0) is 12.5. The van der Waals surface area contributed by atoms with Crippen LogP contribution in [0.5, 0.6) is 0 Å². The molecule has 1 saturated heterocycles. The standard InChI is InChI=1S/C14H27NOS/c1-13-11-14(16)15(12-13)9-7-5-3-2-4-6-8-10-17/h13,17H,2-12H2,1H3. The number of thiol groups is 1. The SMILES string of the molecule is CC1CC(=O)N(CCCCCCCCCS)C1. The van der Waals surface area contributed by atoms with E-state index in [2.05, 4.69) is 19.6 Å². The minimum absolute atomic E-state index is 0.367. The van der Waals surface area contributed by atoms with Gasteiger partial charge in [0.1, 0.15) is 0 Å². The number of carbonyl (C=O) groups is 1. The van der Waals surface area contributed by atoms with Crippen LogP contribution in [0.3, 0.4) is 0 Å². The molecule has 1 heterocycles. The molecule has 0 spiro atoms. The second-order valence-corrected chi connectivity index (χ2v) is 5.79. The number of carbonyl (C=O) groups excluding carboxylic acids is 1. The van der Waals surface area contributed by atoms with Crippen molar-refractivity contribution in [2.24, 2.45) is 5.92 Å². The zero-order valence-corrected chi connectivity index (χ0v) is 12.1. The molecule has 3 heteroatoms. The highest BCUT2D eigenvalue weighted by molar-refractivity contribution is 7.80. The van der Waals surface area contributed by atoms with Crippen molar-refractivity contribution in [3.05, 3.63) is 0 Å². The third-order valence-corrected chi connectivity index (χ3v) is 3.81. The molecule has 1 aliphatic heterocycles. The Kier molecular flexibility index (Phi) is 7.74. The summed E-state index contributed by atoms with van der Waals surface area (Å²) in [5.74, 6) is 1.96. The van der Waals surface area contributed by atoms with Crippen LogP contribution in [0.4, 0.5) is 0 Å². The summed E-state index contributed by atoms with van der Waals surface area (Å²) < 4.78 is 0. The molecule has 0 N–H and O–H groups in total. The van der Waals surface area contributed by atoms with E-state index in [1.165, 1.54) is 44.9 Å². The second kappa shape index (κ2) is 8.84. The van der Waals surface area contributed by atoms with Gasteiger partial charge in [-0.05, 0) is 24.5 Å². The molecule has 1 atom stereocenters. The molecule has 1 unspecified atom stereocenters. The van der Waals surface area contributed by atoms with E-state index >= 15 is 0 Å². The first-order valence-corrected chi connectivity index (χ1v) is 7.76. The van der Waals surface area contributed by atoms with E-state index in [0.29, 0.717) is 11.8 Å². The molecule has 0 bridgehead atoms. The topological polar surface area (TPSA) is 20.3 Å². The van der Waals surface area contributed by atoms with Gasteiger partial charge in [0.15, 0.2) is 0 Å². The highest BCUT2D eigenvalue weighted by Crippen LogP contribution is 2.17. The highest BCUT2D eigenvalue weighted by Gasteiger charge is 2.25. The average Bonchev–Trinajstić information content (AvgIpc) is 2.61. The Labute approximate surface area is 112 Å². The minimum Gasteiger partial charge on any atom is -0.342 e. The third kappa shape index (κ3) is 6.35. The van der Waals surface area contributed by atoms with E-state index in [-0.39, 0.29) is 0 Å². The van der Waals surface area contributed by atoms with Crippen LogP contribution in [0.25, 0.3) is 0 Å². The van der Waals surface area contributed by atoms with Gasteiger partial charge < -0.3 is 4.90 Å². The molecular formula is C14H27NOS. The van der Waals surface area contributed by atoms with Crippen LogP contribution in [0, 0.1) is 5.92 Å². The number of hydrogen-bond donors (Lipinski definition) is 1. The van der Waals surface area contributed by atoms with E-state index in [0.717, 1.165) is 25.3 Å². The van der Waals surface area contributed by atoms with E-state index in [1.807, 2.05) is 4.90 Å². The molecule has 17 heavy (non-hydrogen) atoms. The summed E-state index contributed by atoms with van der Waals surface area (Å²) in [4.78, 5) is 13.6. The largest absolute Gasteiger partial charge is 0.342 e. The Bertz CT molecular complexity index is 220. The summed E-state index contributed by atoms with van der Waals surface area (Å²) in [6.45, 7) is 4.14. The Hall–Kier alpha value is -0.180. The van der Waals surface area contributed by atoms with Crippen molar-refractivity contribution in [1.29, 1.82) is 0 Å². The summed E-state index contributed by atoms with van der Waals surface area (Å²) in [7, 11) is 0. The van der Waals surface area contributed by atoms with E-state index in [9.17, 15) is 4.79 Å². The van der Waals surface area contributed by atoms with Crippen molar-refractivity contribution in [3.63, 3.8) is 0 Å². The number of likely N-dealkylation sites (tertiary alicyclic amines) is 1. The van der Waals surface area contributed by atoms with E-state index < -0.39 is 0 Å². The molecule has 0 radical (unpaired) electrons. The van der Waals surface area contributed by atoms with Crippen LogP contribution < -0.4 is 0 Å². The lowest BCUT2D eigenvalue weighted by Crippen LogP contribution is -2.26. The molecule has 1 amide bonds. The van der Waals surface area contributed by atoms with Gasteiger partial charge in [0.2, 0.25) is 5.91 Å². The lowest BCUT2D eigenvalue weighted by atomic mass is 10.1. The molecule has 1 aliphatic rings. The van der Waals surface area contributed by atoms with Crippen molar-refractivity contribution in [2.75, 3.05) is 18.8 Å². The number of unbranched alkanes of at least 4 members (excludes halogenated alkanes) is 6. The molecule has 0 aromatic carbocycles. The number of hydrogen-bond acceptors (Lipinski definition) is 2. The Morgan fingerprint density at radius 1 is 1.12 bits per heavy atom. The summed E-state index contributed by atoms with van der Waals surface area (Å²) >= 11 is 4.21. The average molecular weight is 257 g/mol. The maximum Gasteiger partial charge on any atom is 0.222 e. The molecule has 0 aromatic heterocycles.